The Morgan fingerprint density at radius 3 is 2.75 bits per heavy atom. The van der Waals surface area contributed by atoms with Crippen molar-refractivity contribution in [2.24, 2.45) is 0 Å². The molecule has 0 saturated carbocycles. The average Bonchev–Trinajstić information content (AvgIpc) is 2.15. The molecule has 6 heteroatoms. The van der Waals surface area contributed by atoms with Crippen molar-refractivity contribution in [3.8, 4) is 0 Å². The molecule has 0 amide bonds. The summed E-state index contributed by atoms with van der Waals surface area (Å²) < 4.78 is 0.781. The third-order valence-electron chi connectivity index (χ3n) is 2.11. The maximum atomic E-state index is 10.6. The number of hydrogen-bond donors (Lipinski definition) is 1. The van der Waals surface area contributed by atoms with Crippen molar-refractivity contribution in [3.05, 3.63) is 44.4 Å². The van der Waals surface area contributed by atoms with Crippen LogP contribution in [0.2, 0.25) is 0 Å². The smallest absolute Gasteiger partial charge is 0.304 e. The van der Waals surface area contributed by atoms with Crippen LogP contribution in [-0.4, -0.2) is 22.5 Å². The average molecular weight is 288 g/mol. The van der Waals surface area contributed by atoms with Gasteiger partial charge < -0.3 is 5.11 Å². The zero-order valence-electron chi connectivity index (χ0n) is 8.30. The Balaban J connectivity index is 2.90. The van der Waals surface area contributed by atoms with Gasteiger partial charge in [-0.3, -0.25) is 14.9 Å². The Morgan fingerprint density at radius 1 is 1.56 bits per heavy atom. The molecule has 0 aliphatic heterocycles. The van der Waals surface area contributed by atoms with E-state index < -0.39 is 16.8 Å². The third kappa shape index (κ3) is 3.98. The summed E-state index contributed by atoms with van der Waals surface area (Å²) in [7, 11) is 0. The number of nitro groups is 1. The number of halogens is 1. The van der Waals surface area contributed by atoms with Gasteiger partial charge in [-0.1, -0.05) is 28.1 Å². The predicted molar refractivity (Wildman–Crippen MR) is 61.0 cm³/mol. The molecule has 0 aromatic heterocycles. The summed E-state index contributed by atoms with van der Waals surface area (Å²) in [5.41, 5.74) is 0.661. The molecule has 1 aromatic rings. The van der Waals surface area contributed by atoms with Crippen LogP contribution in [0.5, 0.6) is 0 Å². The summed E-state index contributed by atoms with van der Waals surface area (Å²) in [6, 6.07) is 6.92. The van der Waals surface area contributed by atoms with E-state index in [-0.39, 0.29) is 13.0 Å². The number of aliphatic carboxylic acids is 1. The molecule has 0 aliphatic rings. The lowest BCUT2D eigenvalue weighted by Gasteiger charge is -2.10. The molecule has 1 aromatic carbocycles. The molecule has 1 atom stereocenters. The van der Waals surface area contributed by atoms with E-state index in [1.807, 2.05) is 0 Å². The van der Waals surface area contributed by atoms with Gasteiger partial charge in [-0.15, -0.1) is 0 Å². The number of rotatable bonds is 5. The summed E-state index contributed by atoms with van der Waals surface area (Å²) in [4.78, 5) is 20.6. The van der Waals surface area contributed by atoms with E-state index in [9.17, 15) is 14.9 Å². The fourth-order valence-corrected chi connectivity index (χ4v) is 1.86. The molecule has 1 unspecified atom stereocenters. The highest BCUT2D eigenvalue weighted by atomic mass is 79.9. The van der Waals surface area contributed by atoms with Crippen molar-refractivity contribution in [2.75, 3.05) is 6.54 Å². The van der Waals surface area contributed by atoms with E-state index in [2.05, 4.69) is 15.9 Å². The molecule has 0 spiro atoms. The number of nitrogens with zero attached hydrogens (tertiary/aromatic N) is 1. The minimum Gasteiger partial charge on any atom is -0.481 e. The standard InChI is InChI=1S/C10H10BrNO4/c11-9-3-1-2-7(4-9)8(5-10(13)14)6-12(15)16/h1-4,8H,5-6H2,(H,13,14). The molecule has 16 heavy (non-hydrogen) atoms. The van der Waals surface area contributed by atoms with Crippen molar-refractivity contribution in [1.29, 1.82) is 0 Å². The molecule has 0 radical (unpaired) electrons. The molecular weight excluding hydrogens is 278 g/mol. The lowest BCUT2D eigenvalue weighted by atomic mass is 9.96. The summed E-state index contributed by atoms with van der Waals surface area (Å²) in [6.45, 7) is -0.372. The van der Waals surface area contributed by atoms with Gasteiger partial charge >= 0.3 is 5.97 Å². The first-order valence-corrected chi connectivity index (χ1v) is 5.37. The number of carboxylic acids is 1. The summed E-state index contributed by atoms with van der Waals surface area (Å²) in [5.74, 6) is -1.63. The van der Waals surface area contributed by atoms with Crippen LogP contribution in [-0.2, 0) is 4.79 Å². The molecule has 1 rings (SSSR count). The van der Waals surface area contributed by atoms with Gasteiger partial charge in [-0.05, 0) is 17.7 Å². The topological polar surface area (TPSA) is 80.4 Å². The number of carbonyl (C=O) groups is 1. The maximum absolute atomic E-state index is 10.6. The van der Waals surface area contributed by atoms with Gasteiger partial charge in [0, 0.05) is 9.40 Å². The summed E-state index contributed by atoms with van der Waals surface area (Å²) in [6.07, 6.45) is -0.239. The number of benzene rings is 1. The highest BCUT2D eigenvalue weighted by molar-refractivity contribution is 9.10. The van der Waals surface area contributed by atoms with Gasteiger partial charge in [0.2, 0.25) is 6.54 Å². The first-order valence-electron chi connectivity index (χ1n) is 4.58. The van der Waals surface area contributed by atoms with Crippen molar-refractivity contribution in [2.45, 2.75) is 12.3 Å². The van der Waals surface area contributed by atoms with Gasteiger partial charge in [0.25, 0.3) is 0 Å². The summed E-state index contributed by atoms with van der Waals surface area (Å²) in [5, 5.41) is 19.1. The van der Waals surface area contributed by atoms with E-state index in [1.165, 1.54) is 0 Å². The normalized spacial score (nSPS) is 12.1. The molecular formula is C10H10BrNO4. The van der Waals surface area contributed by atoms with E-state index in [4.69, 9.17) is 5.11 Å². The van der Waals surface area contributed by atoms with Crippen LogP contribution >= 0.6 is 15.9 Å². The second-order valence-corrected chi connectivity index (χ2v) is 4.28. The van der Waals surface area contributed by atoms with Crippen LogP contribution in [0.4, 0.5) is 0 Å². The van der Waals surface area contributed by atoms with Gasteiger partial charge in [0.1, 0.15) is 0 Å². The fourth-order valence-electron chi connectivity index (χ4n) is 1.44. The van der Waals surface area contributed by atoms with Crippen LogP contribution < -0.4 is 0 Å². The van der Waals surface area contributed by atoms with Crippen molar-refractivity contribution in [3.63, 3.8) is 0 Å². The predicted octanol–water partition coefficient (Wildman–Crippen LogP) is 2.28. The van der Waals surface area contributed by atoms with Crippen LogP contribution in [0, 0.1) is 10.1 Å². The number of carboxylic acid groups (broad SMARTS) is 1. The second kappa shape index (κ2) is 5.60. The lowest BCUT2D eigenvalue weighted by molar-refractivity contribution is -0.483. The monoisotopic (exact) mass is 287 g/mol. The minimum atomic E-state index is -1.04. The minimum absolute atomic E-state index is 0.239. The van der Waals surface area contributed by atoms with E-state index in [0.717, 1.165) is 4.47 Å². The van der Waals surface area contributed by atoms with Gasteiger partial charge in [-0.2, -0.15) is 0 Å². The second-order valence-electron chi connectivity index (χ2n) is 3.37. The van der Waals surface area contributed by atoms with Crippen molar-refractivity contribution >= 4 is 21.9 Å². The third-order valence-corrected chi connectivity index (χ3v) is 2.60. The van der Waals surface area contributed by atoms with Gasteiger partial charge in [-0.25, -0.2) is 0 Å². The van der Waals surface area contributed by atoms with E-state index >= 15 is 0 Å². The zero-order valence-corrected chi connectivity index (χ0v) is 9.88. The Morgan fingerprint density at radius 2 is 2.25 bits per heavy atom. The Bertz CT molecular complexity index is 392. The molecule has 0 bridgehead atoms. The molecule has 0 fully saturated rings. The highest BCUT2D eigenvalue weighted by Crippen LogP contribution is 2.23. The largest absolute Gasteiger partial charge is 0.481 e. The first kappa shape index (κ1) is 12.6. The maximum Gasteiger partial charge on any atom is 0.304 e. The summed E-state index contributed by atoms with van der Waals surface area (Å²) >= 11 is 3.25. The molecule has 0 saturated heterocycles. The molecule has 0 aliphatic carbocycles. The quantitative estimate of drug-likeness (QED) is 0.665. The highest BCUT2D eigenvalue weighted by Gasteiger charge is 2.21. The first-order chi connectivity index (χ1) is 7.49. The molecule has 1 N–H and O–H groups in total. The van der Waals surface area contributed by atoms with E-state index in [1.54, 1.807) is 24.3 Å². The fraction of sp³-hybridized carbons (Fsp3) is 0.300. The molecule has 86 valence electrons. The van der Waals surface area contributed by atoms with Crippen molar-refractivity contribution in [1.82, 2.24) is 0 Å². The zero-order chi connectivity index (χ0) is 12.1. The van der Waals surface area contributed by atoms with Crippen molar-refractivity contribution < 1.29 is 14.8 Å². The molecule has 0 heterocycles. The van der Waals surface area contributed by atoms with Crippen LogP contribution in [0.3, 0.4) is 0 Å². The number of hydrogen-bond acceptors (Lipinski definition) is 3. The molecule has 5 nitrogen and oxygen atoms in total. The SMILES string of the molecule is O=C(O)CC(C[N+](=O)[O-])c1cccc(Br)c1. The Hall–Kier alpha value is -1.43. The van der Waals surface area contributed by atoms with Crippen LogP contribution in [0.15, 0.2) is 28.7 Å². The van der Waals surface area contributed by atoms with Crippen LogP contribution in [0.25, 0.3) is 0 Å². The van der Waals surface area contributed by atoms with Gasteiger partial charge in [0.15, 0.2) is 0 Å². The Labute approximate surface area is 100 Å². The van der Waals surface area contributed by atoms with E-state index in [0.29, 0.717) is 5.56 Å². The van der Waals surface area contributed by atoms with Crippen LogP contribution in [0.1, 0.15) is 17.9 Å². The van der Waals surface area contributed by atoms with Gasteiger partial charge in [0.05, 0.1) is 12.3 Å². The lowest BCUT2D eigenvalue weighted by Crippen LogP contribution is -2.16. The Kier molecular flexibility index (Phi) is 4.42.